The smallest absolute Gasteiger partial charge is 0.251 e. The number of amides is 3. The van der Waals surface area contributed by atoms with Gasteiger partial charge >= 0.3 is 0 Å². The first-order chi connectivity index (χ1) is 10.5. The van der Waals surface area contributed by atoms with Crippen LogP contribution in [0.25, 0.3) is 0 Å². The predicted molar refractivity (Wildman–Crippen MR) is 83.6 cm³/mol. The normalized spacial score (nSPS) is 15.5. The van der Waals surface area contributed by atoms with Crippen molar-refractivity contribution >= 4 is 23.4 Å². The van der Waals surface area contributed by atoms with E-state index in [9.17, 15) is 14.4 Å². The van der Waals surface area contributed by atoms with Gasteiger partial charge in [0.2, 0.25) is 11.8 Å². The van der Waals surface area contributed by atoms with Gasteiger partial charge in [-0.3, -0.25) is 14.4 Å². The monoisotopic (exact) mass is 303 g/mol. The van der Waals surface area contributed by atoms with Gasteiger partial charge in [-0.25, -0.2) is 0 Å². The molecule has 6 heteroatoms. The fourth-order valence-electron chi connectivity index (χ4n) is 2.39. The number of nitrogens with zero attached hydrogens (tertiary/aromatic N) is 1. The molecule has 1 aliphatic heterocycles. The first-order valence-electron chi connectivity index (χ1n) is 7.52. The van der Waals surface area contributed by atoms with Crippen molar-refractivity contribution in [2.45, 2.75) is 32.7 Å². The SMILES string of the molecule is CCNC(=O)C(C)NC(=O)c1ccc(N2CCCC2=O)cc1. The van der Waals surface area contributed by atoms with Crippen molar-refractivity contribution in [3.8, 4) is 0 Å². The molecule has 2 rings (SSSR count). The van der Waals surface area contributed by atoms with E-state index in [1.165, 1.54) is 0 Å². The number of carbonyl (C=O) groups is 3. The second-order valence-corrected chi connectivity index (χ2v) is 5.29. The van der Waals surface area contributed by atoms with E-state index in [-0.39, 0.29) is 17.7 Å². The lowest BCUT2D eigenvalue weighted by molar-refractivity contribution is -0.122. The molecule has 118 valence electrons. The van der Waals surface area contributed by atoms with Gasteiger partial charge in [-0.2, -0.15) is 0 Å². The fourth-order valence-corrected chi connectivity index (χ4v) is 2.39. The standard InChI is InChI=1S/C16H21N3O3/c1-3-17-15(21)11(2)18-16(22)12-6-8-13(9-7-12)19-10-4-5-14(19)20/h6-9,11H,3-5,10H2,1-2H3,(H,17,21)(H,18,22). The summed E-state index contributed by atoms with van der Waals surface area (Å²) in [6.45, 7) is 4.71. The Labute approximate surface area is 129 Å². The lowest BCUT2D eigenvalue weighted by Crippen LogP contribution is -2.44. The Kier molecular flexibility index (Phi) is 5.14. The maximum atomic E-state index is 12.1. The van der Waals surface area contributed by atoms with Crippen molar-refractivity contribution in [1.82, 2.24) is 10.6 Å². The average Bonchev–Trinajstić information content (AvgIpc) is 2.93. The molecule has 1 heterocycles. The molecule has 1 unspecified atom stereocenters. The Hall–Kier alpha value is -2.37. The van der Waals surface area contributed by atoms with Gasteiger partial charge in [0.1, 0.15) is 6.04 Å². The minimum absolute atomic E-state index is 0.113. The van der Waals surface area contributed by atoms with Crippen LogP contribution in [0.15, 0.2) is 24.3 Å². The van der Waals surface area contributed by atoms with E-state index in [4.69, 9.17) is 0 Å². The van der Waals surface area contributed by atoms with Gasteiger partial charge in [0.15, 0.2) is 0 Å². The summed E-state index contributed by atoms with van der Waals surface area (Å²) in [7, 11) is 0. The molecular weight excluding hydrogens is 282 g/mol. The van der Waals surface area contributed by atoms with E-state index in [1.807, 2.05) is 6.92 Å². The third-order valence-electron chi connectivity index (χ3n) is 3.61. The van der Waals surface area contributed by atoms with Gasteiger partial charge in [-0.05, 0) is 44.5 Å². The first kappa shape index (κ1) is 16.0. The molecule has 1 fully saturated rings. The largest absolute Gasteiger partial charge is 0.355 e. The molecule has 1 aliphatic rings. The summed E-state index contributed by atoms with van der Waals surface area (Å²) in [6, 6.07) is 6.26. The van der Waals surface area contributed by atoms with Crippen LogP contribution in [0.3, 0.4) is 0 Å². The zero-order chi connectivity index (χ0) is 16.1. The fraction of sp³-hybridized carbons (Fsp3) is 0.438. The third kappa shape index (κ3) is 3.63. The molecule has 1 saturated heterocycles. The lowest BCUT2D eigenvalue weighted by atomic mass is 10.1. The second kappa shape index (κ2) is 7.06. The van der Waals surface area contributed by atoms with Crippen molar-refractivity contribution in [1.29, 1.82) is 0 Å². The molecule has 1 aromatic carbocycles. The molecule has 22 heavy (non-hydrogen) atoms. The number of anilines is 1. The number of benzene rings is 1. The van der Waals surface area contributed by atoms with Crippen molar-refractivity contribution < 1.29 is 14.4 Å². The van der Waals surface area contributed by atoms with E-state index < -0.39 is 6.04 Å². The van der Waals surface area contributed by atoms with Crippen molar-refractivity contribution in [2.24, 2.45) is 0 Å². The Balaban J connectivity index is 1.99. The maximum absolute atomic E-state index is 12.1. The van der Waals surface area contributed by atoms with E-state index in [0.29, 0.717) is 18.5 Å². The molecule has 0 aliphatic carbocycles. The Morgan fingerprint density at radius 3 is 2.50 bits per heavy atom. The maximum Gasteiger partial charge on any atom is 0.251 e. The van der Waals surface area contributed by atoms with Crippen LogP contribution in [0.4, 0.5) is 5.69 Å². The van der Waals surface area contributed by atoms with E-state index in [2.05, 4.69) is 10.6 Å². The average molecular weight is 303 g/mol. The second-order valence-electron chi connectivity index (χ2n) is 5.29. The molecule has 1 aromatic rings. The van der Waals surface area contributed by atoms with Crippen molar-refractivity contribution in [3.05, 3.63) is 29.8 Å². The summed E-state index contributed by atoms with van der Waals surface area (Å²) in [5.41, 5.74) is 1.27. The number of nitrogens with one attached hydrogen (secondary N) is 2. The van der Waals surface area contributed by atoms with Gasteiger partial charge in [-0.15, -0.1) is 0 Å². The third-order valence-corrected chi connectivity index (χ3v) is 3.61. The van der Waals surface area contributed by atoms with Crippen LogP contribution >= 0.6 is 0 Å². The highest BCUT2D eigenvalue weighted by Gasteiger charge is 2.22. The highest BCUT2D eigenvalue weighted by molar-refractivity contribution is 5.99. The minimum atomic E-state index is -0.590. The summed E-state index contributed by atoms with van der Waals surface area (Å²) >= 11 is 0. The zero-order valence-electron chi connectivity index (χ0n) is 12.9. The molecule has 6 nitrogen and oxygen atoms in total. The van der Waals surface area contributed by atoms with E-state index >= 15 is 0 Å². The Morgan fingerprint density at radius 1 is 1.27 bits per heavy atom. The topological polar surface area (TPSA) is 78.5 Å². The van der Waals surface area contributed by atoms with Crippen LogP contribution < -0.4 is 15.5 Å². The number of hydrogen-bond donors (Lipinski definition) is 2. The number of rotatable bonds is 5. The van der Waals surface area contributed by atoms with Gasteiger partial charge in [0, 0.05) is 30.8 Å². The van der Waals surface area contributed by atoms with E-state index in [1.54, 1.807) is 36.1 Å². The van der Waals surface area contributed by atoms with Crippen LogP contribution in [-0.4, -0.2) is 36.9 Å². The molecule has 0 spiro atoms. The van der Waals surface area contributed by atoms with Crippen LogP contribution in [0, 0.1) is 0 Å². The quantitative estimate of drug-likeness (QED) is 0.854. The van der Waals surface area contributed by atoms with Gasteiger partial charge < -0.3 is 15.5 Å². The Bertz CT molecular complexity index is 569. The van der Waals surface area contributed by atoms with Gasteiger partial charge in [0.25, 0.3) is 5.91 Å². The molecular formula is C16H21N3O3. The van der Waals surface area contributed by atoms with Gasteiger partial charge in [0.05, 0.1) is 0 Å². The molecule has 0 saturated carbocycles. The minimum Gasteiger partial charge on any atom is -0.355 e. The van der Waals surface area contributed by atoms with Crippen molar-refractivity contribution in [3.63, 3.8) is 0 Å². The van der Waals surface area contributed by atoms with Gasteiger partial charge in [-0.1, -0.05) is 0 Å². The molecule has 1 atom stereocenters. The summed E-state index contributed by atoms with van der Waals surface area (Å²) in [4.78, 5) is 37.1. The molecule has 0 aromatic heterocycles. The molecule has 0 bridgehead atoms. The number of carbonyl (C=O) groups excluding carboxylic acids is 3. The molecule has 2 N–H and O–H groups in total. The summed E-state index contributed by atoms with van der Waals surface area (Å²) in [5, 5.41) is 5.30. The number of likely N-dealkylation sites (N-methyl/N-ethyl adjacent to an activating group) is 1. The predicted octanol–water partition coefficient (Wildman–Crippen LogP) is 1.07. The summed E-state index contributed by atoms with van der Waals surface area (Å²) < 4.78 is 0. The molecule has 3 amide bonds. The first-order valence-corrected chi connectivity index (χ1v) is 7.52. The zero-order valence-corrected chi connectivity index (χ0v) is 12.9. The summed E-state index contributed by atoms with van der Waals surface area (Å²) in [6.07, 6.45) is 1.44. The highest BCUT2D eigenvalue weighted by Crippen LogP contribution is 2.21. The lowest BCUT2D eigenvalue weighted by Gasteiger charge is -2.16. The van der Waals surface area contributed by atoms with Crippen molar-refractivity contribution in [2.75, 3.05) is 18.0 Å². The summed E-state index contributed by atoms with van der Waals surface area (Å²) in [5.74, 6) is -0.407. The Morgan fingerprint density at radius 2 is 1.95 bits per heavy atom. The molecule has 0 radical (unpaired) electrons. The highest BCUT2D eigenvalue weighted by atomic mass is 16.2. The van der Waals surface area contributed by atoms with Crippen LogP contribution in [0.2, 0.25) is 0 Å². The van der Waals surface area contributed by atoms with Crippen LogP contribution in [0.5, 0.6) is 0 Å². The number of hydrogen-bond acceptors (Lipinski definition) is 3. The van der Waals surface area contributed by atoms with Crippen LogP contribution in [0.1, 0.15) is 37.0 Å². The van der Waals surface area contributed by atoms with E-state index in [0.717, 1.165) is 18.7 Å². The van der Waals surface area contributed by atoms with Crippen LogP contribution in [-0.2, 0) is 9.59 Å².